The number of ether oxygens (including phenoxy) is 4. The van der Waals surface area contributed by atoms with Crippen LogP contribution >= 0.6 is 11.6 Å². The number of aliphatic carboxylic acids is 1. The van der Waals surface area contributed by atoms with Crippen molar-refractivity contribution in [2.24, 2.45) is 0 Å². The van der Waals surface area contributed by atoms with Crippen molar-refractivity contribution in [3.63, 3.8) is 0 Å². The van der Waals surface area contributed by atoms with Gasteiger partial charge in [0.15, 0.2) is 0 Å². The Kier molecular flexibility index (Phi) is 8.23. The molecule has 0 saturated heterocycles. The van der Waals surface area contributed by atoms with Crippen molar-refractivity contribution < 1.29 is 42.0 Å². The maximum absolute atomic E-state index is 13.5. The third kappa shape index (κ3) is 6.69. The van der Waals surface area contributed by atoms with E-state index in [2.05, 4.69) is 0 Å². The van der Waals surface area contributed by atoms with Gasteiger partial charge < -0.3 is 24.1 Å². The summed E-state index contributed by atoms with van der Waals surface area (Å²) in [5.74, 6) is 0.611. The monoisotopic (exact) mass is 530 g/mol. The van der Waals surface area contributed by atoms with Crippen LogP contribution in [-0.4, -0.2) is 41.7 Å². The second-order valence-electron chi connectivity index (χ2n) is 9.35. The molecule has 198 valence electrons. The van der Waals surface area contributed by atoms with Crippen molar-refractivity contribution in [3.05, 3.63) is 52.5 Å². The van der Waals surface area contributed by atoms with E-state index in [9.17, 15) is 23.1 Å². The van der Waals surface area contributed by atoms with Gasteiger partial charge >= 0.3 is 12.1 Å². The van der Waals surface area contributed by atoms with Crippen LogP contribution in [0.3, 0.4) is 0 Å². The van der Waals surface area contributed by atoms with Gasteiger partial charge in [0, 0.05) is 30.9 Å². The summed E-state index contributed by atoms with van der Waals surface area (Å²) >= 11 is 6.20. The van der Waals surface area contributed by atoms with Crippen LogP contribution < -0.4 is 9.47 Å². The van der Waals surface area contributed by atoms with Crippen molar-refractivity contribution in [3.8, 4) is 11.5 Å². The molecule has 1 N–H and O–H groups in total. The van der Waals surface area contributed by atoms with Gasteiger partial charge in [-0.25, -0.2) is 4.79 Å². The second kappa shape index (κ2) is 10.7. The molecule has 0 fully saturated rings. The molecule has 3 rings (SSSR count). The van der Waals surface area contributed by atoms with Gasteiger partial charge in [0.05, 0.1) is 35.3 Å². The molecule has 1 aliphatic heterocycles. The molecule has 1 aliphatic carbocycles. The summed E-state index contributed by atoms with van der Waals surface area (Å²) in [6.07, 6.45) is 1.91. The average molecular weight is 531 g/mol. The van der Waals surface area contributed by atoms with Crippen molar-refractivity contribution in [1.82, 2.24) is 0 Å². The van der Waals surface area contributed by atoms with Gasteiger partial charge in [0.25, 0.3) is 0 Å². The van der Waals surface area contributed by atoms with Gasteiger partial charge in [0.1, 0.15) is 17.1 Å². The van der Waals surface area contributed by atoms with Crippen molar-refractivity contribution in [2.75, 3.05) is 13.2 Å². The number of alkyl halides is 3. The number of hydrogen-bond acceptors (Lipinski definition) is 5. The molecule has 0 saturated carbocycles. The summed E-state index contributed by atoms with van der Waals surface area (Å²) in [7, 11) is 0. The van der Waals surface area contributed by atoms with Gasteiger partial charge in [0.2, 0.25) is 5.60 Å². The van der Waals surface area contributed by atoms with E-state index in [1.165, 1.54) is 12.1 Å². The van der Waals surface area contributed by atoms with E-state index in [0.29, 0.717) is 38.0 Å². The summed E-state index contributed by atoms with van der Waals surface area (Å²) in [5.41, 5.74) is -3.31. The zero-order valence-corrected chi connectivity index (χ0v) is 21.4. The van der Waals surface area contributed by atoms with E-state index >= 15 is 0 Å². The lowest BCUT2D eigenvalue weighted by atomic mass is 9.94. The number of carboxylic acids is 1. The van der Waals surface area contributed by atoms with Gasteiger partial charge in [-0.05, 0) is 51.5 Å². The SMILES string of the molecule is CCC(C)(OC1=CC=C(OCCCOc2cc3c(cc2Cl)C(C(F)(F)F)=CC(C)(C)O3)CC1)C(=O)O. The molecule has 6 nitrogen and oxygen atoms in total. The highest BCUT2D eigenvalue weighted by atomic mass is 35.5. The van der Waals surface area contributed by atoms with Crippen LogP contribution in [0.4, 0.5) is 13.2 Å². The van der Waals surface area contributed by atoms with E-state index in [4.69, 9.17) is 30.5 Å². The first-order chi connectivity index (χ1) is 16.7. The maximum Gasteiger partial charge on any atom is 0.416 e. The highest BCUT2D eigenvalue weighted by molar-refractivity contribution is 6.32. The predicted molar refractivity (Wildman–Crippen MR) is 129 cm³/mol. The molecule has 1 aromatic carbocycles. The van der Waals surface area contributed by atoms with E-state index in [1.54, 1.807) is 39.8 Å². The molecular formula is C26H30ClF3O6. The van der Waals surface area contributed by atoms with Crippen LogP contribution in [0.5, 0.6) is 11.5 Å². The number of rotatable bonds is 10. The van der Waals surface area contributed by atoms with E-state index in [0.717, 1.165) is 11.8 Å². The highest BCUT2D eigenvalue weighted by Crippen LogP contribution is 2.47. The number of hydrogen-bond donors (Lipinski definition) is 1. The second-order valence-corrected chi connectivity index (χ2v) is 9.76. The van der Waals surface area contributed by atoms with Crippen LogP contribution in [-0.2, 0) is 14.3 Å². The third-order valence-electron chi connectivity index (χ3n) is 5.88. The van der Waals surface area contributed by atoms with Gasteiger partial charge in [-0.1, -0.05) is 18.5 Å². The fourth-order valence-corrected chi connectivity index (χ4v) is 3.94. The van der Waals surface area contributed by atoms with E-state index < -0.39 is 28.9 Å². The number of carboxylic acid groups (broad SMARTS) is 1. The molecule has 0 aromatic heterocycles. The molecule has 0 radical (unpaired) electrons. The standard InChI is InChI=1S/C26H30ClF3O6/c1-5-25(4,23(31)32)35-17-9-7-16(8-10-17)33-11-6-12-34-22-14-21-18(13-20(22)27)19(26(28,29)30)15-24(2,3)36-21/h7,9,13-15H,5-6,8,10-12H2,1-4H3,(H,31,32). The third-order valence-corrected chi connectivity index (χ3v) is 6.18. The smallest absolute Gasteiger partial charge is 0.416 e. The molecule has 36 heavy (non-hydrogen) atoms. The van der Waals surface area contributed by atoms with Gasteiger partial charge in [-0.3, -0.25) is 0 Å². The molecule has 1 aromatic rings. The normalized spacial score (nSPS) is 18.5. The first-order valence-corrected chi connectivity index (χ1v) is 12.0. The number of fused-ring (bicyclic) bond motifs is 1. The molecular weight excluding hydrogens is 501 g/mol. The summed E-state index contributed by atoms with van der Waals surface area (Å²) in [4.78, 5) is 11.4. The summed E-state index contributed by atoms with van der Waals surface area (Å²) in [6, 6.07) is 2.60. The Morgan fingerprint density at radius 2 is 1.78 bits per heavy atom. The number of carbonyl (C=O) groups is 1. The molecule has 1 heterocycles. The molecule has 10 heteroatoms. The Balaban J connectivity index is 1.53. The Hall–Kier alpha value is -2.81. The molecule has 1 atom stereocenters. The number of benzene rings is 1. The zero-order chi connectivity index (χ0) is 26.7. The molecule has 2 aliphatic rings. The lowest BCUT2D eigenvalue weighted by Crippen LogP contribution is -2.37. The fourth-order valence-electron chi connectivity index (χ4n) is 3.72. The maximum atomic E-state index is 13.5. The lowest BCUT2D eigenvalue weighted by Gasteiger charge is -2.32. The largest absolute Gasteiger partial charge is 0.498 e. The van der Waals surface area contributed by atoms with Gasteiger partial charge in [-0.2, -0.15) is 13.2 Å². The minimum Gasteiger partial charge on any atom is -0.498 e. The molecule has 1 unspecified atom stereocenters. The van der Waals surface area contributed by atoms with Gasteiger partial charge in [-0.15, -0.1) is 0 Å². The van der Waals surface area contributed by atoms with Crippen molar-refractivity contribution in [1.29, 1.82) is 0 Å². The summed E-state index contributed by atoms with van der Waals surface area (Å²) in [6.45, 7) is 6.98. The van der Waals surface area contributed by atoms with Crippen molar-refractivity contribution in [2.45, 2.75) is 70.8 Å². The van der Waals surface area contributed by atoms with E-state index in [1.807, 2.05) is 0 Å². The molecule has 0 amide bonds. The first-order valence-electron chi connectivity index (χ1n) is 11.6. The Labute approximate surface area is 213 Å². The quantitative estimate of drug-likeness (QED) is 0.326. The number of allylic oxidation sites excluding steroid dienone is 5. The minimum absolute atomic E-state index is 0.0567. The zero-order valence-electron chi connectivity index (χ0n) is 20.6. The minimum atomic E-state index is -4.54. The Morgan fingerprint density at radius 3 is 2.36 bits per heavy atom. The summed E-state index contributed by atoms with van der Waals surface area (Å²) in [5, 5.41) is 9.40. The average Bonchev–Trinajstić information content (AvgIpc) is 2.78. The van der Waals surface area contributed by atoms with Crippen LogP contribution in [0.2, 0.25) is 5.02 Å². The topological polar surface area (TPSA) is 74.2 Å². The Bertz CT molecular complexity index is 1090. The van der Waals surface area contributed by atoms with Crippen LogP contribution in [0, 0.1) is 0 Å². The van der Waals surface area contributed by atoms with Crippen LogP contribution in [0.25, 0.3) is 5.57 Å². The molecule has 0 bridgehead atoms. The predicted octanol–water partition coefficient (Wildman–Crippen LogP) is 7.07. The van der Waals surface area contributed by atoms with Crippen LogP contribution in [0.15, 0.2) is 41.9 Å². The van der Waals surface area contributed by atoms with Crippen LogP contribution in [0.1, 0.15) is 58.9 Å². The molecule has 0 spiro atoms. The Morgan fingerprint density at radius 1 is 1.14 bits per heavy atom. The van der Waals surface area contributed by atoms with E-state index in [-0.39, 0.29) is 28.7 Å². The highest BCUT2D eigenvalue weighted by Gasteiger charge is 2.42. The fraction of sp³-hybridized carbons (Fsp3) is 0.500. The van der Waals surface area contributed by atoms with Crippen molar-refractivity contribution >= 4 is 23.1 Å². The summed E-state index contributed by atoms with van der Waals surface area (Å²) < 4.78 is 63.4. The number of halogens is 4. The lowest BCUT2D eigenvalue weighted by molar-refractivity contribution is -0.159. The first kappa shape index (κ1) is 27.8.